The molecule has 0 radical (unpaired) electrons. The number of fused-ring (bicyclic) bond motifs is 11. The van der Waals surface area contributed by atoms with E-state index in [1.807, 2.05) is 0 Å². The molecule has 3 unspecified atom stereocenters. The van der Waals surface area contributed by atoms with Crippen molar-refractivity contribution in [2.75, 3.05) is 0 Å². The molecule has 1 saturated carbocycles. The third kappa shape index (κ3) is 2.20. The summed E-state index contributed by atoms with van der Waals surface area (Å²) in [6.45, 7) is 0. The lowest BCUT2D eigenvalue weighted by Crippen LogP contribution is -2.65. The summed E-state index contributed by atoms with van der Waals surface area (Å²) in [5, 5.41) is 5.44. The van der Waals surface area contributed by atoms with Crippen LogP contribution in [0.4, 0.5) is 0 Å². The summed E-state index contributed by atoms with van der Waals surface area (Å²) in [5.41, 5.74) is 13.7. The van der Waals surface area contributed by atoms with Gasteiger partial charge in [0, 0.05) is 33.0 Å². The molecular formula is C41H28N3+. The van der Waals surface area contributed by atoms with Crippen LogP contribution < -0.4 is 4.57 Å². The van der Waals surface area contributed by atoms with Crippen LogP contribution in [0.3, 0.4) is 0 Å². The highest BCUT2D eigenvalue weighted by molar-refractivity contribution is 6.16. The molecule has 0 saturated heterocycles. The monoisotopic (exact) mass is 562 g/mol. The Morgan fingerprint density at radius 3 is 2.11 bits per heavy atom. The van der Waals surface area contributed by atoms with Gasteiger partial charge in [0.1, 0.15) is 5.52 Å². The fourth-order valence-corrected chi connectivity index (χ4v) is 10.5. The minimum absolute atomic E-state index is 0.264. The standard InChI is InChI=1S/C41H28N3/c1-2-10-24(11-3-1)25-15-9-23-42-40(25)44-34-18-7-5-13-28(34)31-21-22-35-37(39(31)44)41(42)32-16-8-14-26(32)29-19-20-30-27-12-4-6-17-33(27)43(35)38(30)36(29)41/h1-7,9-13,15,17-23,26,32H,8,14,16H2/q+1. The summed E-state index contributed by atoms with van der Waals surface area (Å²) in [6.07, 6.45) is 6.23. The van der Waals surface area contributed by atoms with Crippen LogP contribution >= 0.6 is 0 Å². The van der Waals surface area contributed by atoms with Crippen molar-refractivity contribution < 1.29 is 4.57 Å². The second-order valence-corrected chi connectivity index (χ2v) is 13.4. The summed E-state index contributed by atoms with van der Waals surface area (Å²) in [7, 11) is 0. The van der Waals surface area contributed by atoms with Crippen molar-refractivity contribution in [3.8, 4) is 22.6 Å². The van der Waals surface area contributed by atoms with Gasteiger partial charge < -0.3 is 4.57 Å². The van der Waals surface area contributed by atoms with E-state index in [1.54, 1.807) is 11.1 Å². The molecular weight excluding hydrogens is 534 g/mol. The van der Waals surface area contributed by atoms with Gasteiger partial charge in [0.15, 0.2) is 11.1 Å². The maximum absolute atomic E-state index is 2.75. The number of nitrogens with zero attached hydrogens (tertiary/aromatic N) is 3. The van der Waals surface area contributed by atoms with Gasteiger partial charge >= 0.3 is 0 Å². The van der Waals surface area contributed by atoms with Crippen molar-refractivity contribution >= 4 is 43.6 Å². The largest absolute Gasteiger partial charge is 0.308 e. The lowest BCUT2D eigenvalue weighted by Gasteiger charge is -2.42. The molecule has 12 rings (SSSR count). The molecule has 0 bridgehead atoms. The maximum Gasteiger partial charge on any atom is 0.295 e. The van der Waals surface area contributed by atoms with E-state index in [9.17, 15) is 0 Å². The Kier molecular flexibility index (Phi) is 3.72. The van der Waals surface area contributed by atoms with Gasteiger partial charge in [-0.05, 0) is 72.4 Å². The first-order valence-electron chi connectivity index (χ1n) is 16.1. The highest BCUT2D eigenvalue weighted by Crippen LogP contribution is 2.66. The first kappa shape index (κ1) is 22.4. The van der Waals surface area contributed by atoms with Gasteiger partial charge in [-0.3, -0.25) is 0 Å². The molecule has 44 heavy (non-hydrogen) atoms. The van der Waals surface area contributed by atoms with E-state index in [2.05, 4.69) is 135 Å². The van der Waals surface area contributed by atoms with Crippen molar-refractivity contribution in [2.24, 2.45) is 5.92 Å². The summed E-state index contributed by atoms with van der Waals surface area (Å²) < 4.78 is 8.00. The maximum atomic E-state index is 2.75. The minimum atomic E-state index is -0.264. The average Bonchev–Trinajstić information content (AvgIpc) is 3.84. The molecule has 8 aromatic rings. The Morgan fingerprint density at radius 1 is 0.591 bits per heavy atom. The lowest BCUT2D eigenvalue weighted by atomic mass is 9.71. The van der Waals surface area contributed by atoms with E-state index >= 15 is 0 Å². The third-order valence-electron chi connectivity index (χ3n) is 11.8. The summed E-state index contributed by atoms with van der Waals surface area (Å²) in [5.74, 6) is 2.38. The predicted octanol–water partition coefficient (Wildman–Crippen LogP) is 9.15. The van der Waals surface area contributed by atoms with E-state index < -0.39 is 0 Å². The van der Waals surface area contributed by atoms with Crippen LogP contribution in [-0.2, 0) is 5.54 Å². The number of hydrogen-bond acceptors (Lipinski definition) is 0. The molecule has 4 aliphatic rings. The molecule has 2 aliphatic carbocycles. The summed E-state index contributed by atoms with van der Waals surface area (Å²) >= 11 is 0. The molecule has 5 heterocycles. The Hall–Kier alpha value is -5.15. The van der Waals surface area contributed by atoms with E-state index in [0.717, 1.165) is 0 Å². The third-order valence-corrected chi connectivity index (χ3v) is 11.8. The number of para-hydroxylation sites is 2. The molecule has 3 atom stereocenters. The first-order chi connectivity index (χ1) is 21.9. The molecule has 1 spiro atoms. The normalized spacial score (nSPS) is 21.9. The molecule has 5 aromatic carbocycles. The van der Waals surface area contributed by atoms with E-state index in [1.165, 1.54) is 91.1 Å². The molecule has 2 aliphatic heterocycles. The molecule has 3 aromatic heterocycles. The topological polar surface area (TPSA) is 13.7 Å². The number of rotatable bonds is 1. The Labute approximate surface area is 254 Å². The number of aromatic nitrogens is 3. The van der Waals surface area contributed by atoms with Crippen LogP contribution in [0.25, 0.3) is 66.2 Å². The molecule has 0 amide bonds. The average molecular weight is 563 g/mol. The fourth-order valence-electron chi connectivity index (χ4n) is 10.5. The second kappa shape index (κ2) is 7.31. The van der Waals surface area contributed by atoms with Crippen LogP contribution in [0.5, 0.6) is 0 Å². The van der Waals surface area contributed by atoms with E-state index in [-0.39, 0.29) is 5.54 Å². The van der Waals surface area contributed by atoms with Crippen LogP contribution in [0.1, 0.15) is 41.9 Å². The lowest BCUT2D eigenvalue weighted by molar-refractivity contribution is -0.745. The molecule has 1 fully saturated rings. The summed E-state index contributed by atoms with van der Waals surface area (Å²) in [4.78, 5) is 0. The van der Waals surface area contributed by atoms with Crippen molar-refractivity contribution in [3.05, 3.63) is 138 Å². The van der Waals surface area contributed by atoms with Gasteiger partial charge in [-0.1, -0.05) is 79.2 Å². The van der Waals surface area contributed by atoms with E-state index in [0.29, 0.717) is 11.8 Å². The smallest absolute Gasteiger partial charge is 0.295 e. The SMILES string of the molecule is c1ccc(-c2ccc[n+]3c2-n2c4ccccc4c4ccc5c(c42)C32c3c(ccc4c6ccccc6n-5c34)C3CCCC32)cc1. The zero-order chi connectivity index (χ0) is 28.3. The predicted molar refractivity (Wildman–Crippen MR) is 177 cm³/mol. The number of benzene rings is 5. The van der Waals surface area contributed by atoms with Gasteiger partial charge in [0.05, 0.1) is 34.0 Å². The Bertz CT molecular complexity index is 2600. The highest BCUT2D eigenvalue weighted by Gasteiger charge is 2.66. The quantitative estimate of drug-likeness (QED) is 0.177. The Morgan fingerprint density at radius 2 is 1.30 bits per heavy atom. The first-order valence-corrected chi connectivity index (χ1v) is 16.1. The molecule has 0 N–H and O–H groups in total. The minimum Gasteiger partial charge on any atom is -0.308 e. The van der Waals surface area contributed by atoms with Crippen LogP contribution in [0, 0.1) is 5.92 Å². The fraction of sp³-hybridized carbons (Fsp3) is 0.146. The molecule has 3 nitrogen and oxygen atoms in total. The molecule has 3 heteroatoms. The number of pyridine rings is 1. The van der Waals surface area contributed by atoms with Crippen molar-refractivity contribution in [2.45, 2.75) is 30.7 Å². The van der Waals surface area contributed by atoms with Crippen molar-refractivity contribution in [1.29, 1.82) is 0 Å². The van der Waals surface area contributed by atoms with Crippen LogP contribution in [-0.4, -0.2) is 9.13 Å². The van der Waals surface area contributed by atoms with Gasteiger partial charge in [0.2, 0.25) is 0 Å². The second-order valence-electron chi connectivity index (χ2n) is 13.4. The van der Waals surface area contributed by atoms with Crippen molar-refractivity contribution in [1.82, 2.24) is 9.13 Å². The van der Waals surface area contributed by atoms with E-state index in [4.69, 9.17) is 0 Å². The Balaban J connectivity index is 1.42. The van der Waals surface area contributed by atoms with Crippen molar-refractivity contribution in [3.63, 3.8) is 0 Å². The molecule has 206 valence electrons. The van der Waals surface area contributed by atoms with Gasteiger partial charge in [-0.2, -0.15) is 4.57 Å². The van der Waals surface area contributed by atoms with Gasteiger partial charge in [0.25, 0.3) is 5.82 Å². The zero-order valence-electron chi connectivity index (χ0n) is 24.2. The number of hydrogen-bond donors (Lipinski definition) is 0. The highest BCUT2D eigenvalue weighted by atomic mass is 15.2. The summed E-state index contributed by atoms with van der Waals surface area (Å²) in [6, 6.07) is 43.6. The van der Waals surface area contributed by atoms with Gasteiger partial charge in [-0.15, -0.1) is 0 Å². The zero-order valence-corrected chi connectivity index (χ0v) is 24.2. The van der Waals surface area contributed by atoms with Gasteiger partial charge in [-0.25, -0.2) is 4.57 Å². The van der Waals surface area contributed by atoms with Crippen LogP contribution in [0.15, 0.2) is 121 Å². The van der Waals surface area contributed by atoms with Crippen LogP contribution in [0.2, 0.25) is 0 Å².